The second kappa shape index (κ2) is 13.4. The van der Waals surface area contributed by atoms with Crippen molar-refractivity contribution >= 4 is 23.9 Å². The molecule has 5 rings (SSSR count). The predicted molar refractivity (Wildman–Crippen MR) is 150 cm³/mol. The lowest BCUT2D eigenvalue weighted by molar-refractivity contribution is -0.141. The summed E-state index contributed by atoms with van der Waals surface area (Å²) in [5, 5.41) is 14.2. The number of methoxy groups -OCH3 is 1. The maximum absolute atomic E-state index is 14.0. The van der Waals surface area contributed by atoms with Crippen molar-refractivity contribution in [2.24, 2.45) is 10.1 Å². The van der Waals surface area contributed by atoms with Crippen LogP contribution in [0.4, 0.5) is 18.9 Å². The fraction of sp³-hybridized carbons (Fsp3) is 0.379. The number of nitrogens with zero attached hydrogens (tertiary/aromatic N) is 4. The van der Waals surface area contributed by atoms with Crippen molar-refractivity contribution < 1.29 is 32.6 Å². The zero-order chi connectivity index (χ0) is 29.4. The molecule has 1 fully saturated rings. The highest BCUT2D eigenvalue weighted by molar-refractivity contribution is 6.01. The zero-order valence-electron chi connectivity index (χ0n) is 23.5. The molecule has 3 aliphatic heterocycles. The summed E-state index contributed by atoms with van der Waals surface area (Å²) in [4.78, 5) is 13.3. The lowest BCUT2D eigenvalue weighted by Crippen LogP contribution is -2.52. The zero-order valence-corrected chi connectivity index (χ0v) is 23.5. The lowest BCUT2D eigenvalue weighted by Gasteiger charge is -2.38. The number of morpholine rings is 1. The Morgan fingerprint density at radius 2 is 1.80 bits per heavy atom. The molecule has 3 aliphatic rings. The van der Waals surface area contributed by atoms with Crippen LogP contribution in [-0.2, 0) is 15.3 Å². The van der Waals surface area contributed by atoms with Crippen molar-refractivity contribution in [2.75, 3.05) is 38.3 Å². The van der Waals surface area contributed by atoms with Gasteiger partial charge < -0.3 is 29.2 Å². The number of halogens is 3. The average Bonchev–Trinajstić information content (AvgIpc) is 3.38. The minimum atomic E-state index is -1.73. The molecule has 1 saturated heterocycles. The van der Waals surface area contributed by atoms with E-state index in [0.29, 0.717) is 18.1 Å². The molecule has 11 heteroatoms. The van der Waals surface area contributed by atoms with Gasteiger partial charge in [0, 0.05) is 11.8 Å². The number of aliphatic hydroxyl groups excluding tert-OH is 1. The van der Waals surface area contributed by atoms with Gasteiger partial charge >= 0.3 is 0 Å². The minimum Gasteiger partial charge on any atom is -0.495 e. The van der Waals surface area contributed by atoms with E-state index in [4.69, 9.17) is 14.3 Å². The molecule has 0 aliphatic carbocycles. The van der Waals surface area contributed by atoms with E-state index in [1.807, 2.05) is 63.9 Å². The van der Waals surface area contributed by atoms with E-state index in [1.54, 1.807) is 19.5 Å². The number of rotatable bonds is 5. The van der Waals surface area contributed by atoms with Gasteiger partial charge in [0.05, 0.1) is 32.2 Å². The van der Waals surface area contributed by atoms with Crippen LogP contribution in [0.5, 0.6) is 5.75 Å². The first-order valence-corrected chi connectivity index (χ1v) is 13.1. The van der Waals surface area contributed by atoms with Gasteiger partial charge in [-0.3, -0.25) is 4.99 Å². The second-order valence-corrected chi connectivity index (χ2v) is 8.48. The first kappa shape index (κ1) is 30.6. The van der Waals surface area contributed by atoms with Gasteiger partial charge in [-0.25, -0.2) is 13.2 Å². The highest BCUT2D eigenvalue weighted by atomic mass is 19.2. The number of ether oxygens (including phenoxy) is 2. The molecule has 0 spiro atoms. The van der Waals surface area contributed by atoms with Gasteiger partial charge in [-0.15, -0.1) is 0 Å². The van der Waals surface area contributed by atoms with Crippen LogP contribution in [0.25, 0.3) is 6.08 Å². The molecule has 1 N–H and O–H groups in total. The van der Waals surface area contributed by atoms with Gasteiger partial charge in [-0.05, 0) is 48.4 Å². The van der Waals surface area contributed by atoms with Crippen molar-refractivity contribution in [3.05, 3.63) is 76.4 Å². The highest BCUT2D eigenvalue weighted by Crippen LogP contribution is 2.40. The molecule has 1 unspecified atom stereocenters. The van der Waals surface area contributed by atoms with Crippen molar-refractivity contribution in [3.63, 3.8) is 0 Å². The van der Waals surface area contributed by atoms with E-state index < -0.39 is 29.8 Å². The molecule has 0 aromatic heterocycles. The highest BCUT2D eigenvalue weighted by Gasteiger charge is 2.51. The van der Waals surface area contributed by atoms with Crippen LogP contribution >= 0.6 is 0 Å². The van der Waals surface area contributed by atoms with Crippen LogP contribution in [0.1, 0.15) is 45.7 Å². The smallest absolute Gasteiger partial charge is 0.260 e. The number of hydrogen-bond donors (Lipinski definition) is 1. The quantitative estimate of drug-likeness (QED) is 0.467. The number of oxime groups is 1. The van der Waals surface area contributed by atoms with Crippen LogP contribution in [0.2, 0.25) is 0 Å². The summed E-state index contributed by atoms with van der Waals surface area (Å²) in [6, 6.07) is 7.13. The van der Waals surface area contributed by atoms with E-state index in [-0.39, 0.29) is 24.6 Å². The second-order valence-electron chi connectivity index (χ2n) is 8.48. The molecule has 3 heterocycles. The van der Waals surface area contributed by atoms with Crippen molar-refractivity contribution in [1.29, 1.82) is 0 Å². The number of amidine groups is 1. The van der Waals surface area contributed by atoms with Crippen LogP contribution in [0.3, 0.4) is 0 Å². The van der Waals surface area contributed by atoms with Gasteiger partial charge in [-0.2, -0.15) is 0 Å². The van der Waals surface area contributed by atoms with E-state index in [2.05, 4.69) is 10.1 Å². The van der Waals surface area contributed by atoms with Gasteiger partial charge in [0.25, 0.3) is 5.72 Å². The number of aliphatic imine (C=N–C) groups is 1. The van der Waals surface area contributed by atoms with Gasteiger partial charge in [0.15, 0.2) is 23.2 Å². The molecule has 0 amide bonds. The van der Waals surface area contributed by atoms with Gasteiger partial charge in [0.1, 0.15) is 19.0 Å². The average molecular weight is 561 g/mol. The number of aliphatic hydroxyl groups is 1. The Balaban J connectivity index is 0.00000106. The fourth-order valence-corrected chi connectivity index (χ4v) is 4.33. The van der Waals surface area contributed by atoms with Gasteiger partial charge in [0.2, 0.25) is 5.84 Å². The Hall–Kier alpha value is -3.99. The maximum Gasteiger partial charge on any atom is 0.260 e. The molecule has 216 valence electrons. The third-order valence-corrected chi connectivity index (χ3v) is 6.10. The van der Waals surface area contributed by atoms with Crippen LogP contribution in [0, 0.1) is 17.5 Å². The Labute approximate surface area is 232 Å². The summed E-state index contributed by atoms with van der Waals surface area (Å²) in [5.41, 5.74) is 0.792. The van der Waals surface area contributed by atoms with Crippen molar-refractivity contribution in [1.82, 2.24) is 4.90 Å². The molecule has 1 atom stereocenters. The monoisotopic (exact) mass is 560 g/mol. The summed E-state index contributed by atoms with van der Waals surface area (Å²) >= 11 is 0. The molecule has 0 saturated carbocycles. The number of benzene rings is 2. The van der Waals surface area contributed by atoms with E-state index >= 15 is 0 Å². The number of fused-ring (bicyclic) bond motifs is 1. The molecule has 2 aromatic rings. The van der Waals surface area contributed by atoms with Crippen LogP contribution < -0.4 is 9.64 Å². The van der Waals surface area contributed by atoms with Crippen molar-refractivity contribution in [3.8, 4) is 5.75 Å². The number of anilines is 1. The van der Waals surface area contributed by atoms with E-state index in [0.717, 1.165) is 29.0 Å². The summed E-state index contributed by atoms with van der Waals surface area (Å²) in [6.45, 7) is 10.3. The Morgan fingerprint density at radius 1 is 1.10 bits per heavy atom. The molecule has 40 heavy (non-hydrogen) atoms. The minimum absolute atomic E-state index is 0.112. The Kier molecular flexibility index (Phi) is 10.2. The third kappa shape index (κ3) is 5.79. The van der Waals surface area contributed by atoms with E-state index in [9.17, 15) is 18.3 Å². The summed E-state index contributed by atoms with van der Waals surface area (Å²) < 4.78 is 52.9. The largest absolute Gasteiger partial charge is 0.495 e. The maximum atomic E-state index is 14.0. The lowest BCUT2D eigenvalue weighted by atomic mass is 10.00. The standard InChI is InChI=1S/C25H23F3N4O4.2C2H6/c1-15-11-29-14-31(12-15)20-4-3-16(7-21(20)34-2)8-22-24-30-36-25(13-33,32(24)5-6-35-22)17-9-18(26)23(28)19(27)10-17;2*1-2/h3-4,7-10,12,14,33H,5-6,11,13H2,1-2H3;2*1-2H3/b22-8+;;. The third-order valence-electron chi connectivity index (χ3n) is 6.10. The molecule has 2 aromatic carbocycles. The number of hydrogen-bond acceptors (Lipinski definition) is 8. The SMILES string of the molecule is CC.CC.COc1cc(/C=C2/OCCN3C2=NOC3(CO)c2cc(F)c(F)c(F)c2)ccc1N1C=NCC(C)=C1. The Morgan fingerprint density at radius 3 is 2.42 bits per heavy atom. The normalized spacial score (nSPS) is 20.2. The van der Waals surface area contributed by atoms with E-state index in [1.165, 1.54) is 4.90 Å². The topological polar surface area (TPSA) is 79.1 Å². The fourth-order valence-electron chi connectivity index (χ4n) is 4.33. The first-order chi connectivity index (χ1) is 19.4. The summed E-state index contributed by atoms with van der Waals surface area (Å²) in [6.07, 6.45) is 5.42. The summed E-state index contributed by atoms with van der Waals surface area (Å²) in [5.74, 6) is -3.24. The van der Waals surface area contributed by atoms with Crippen LogP contribution in [0.15, 0.2) is 58.0 Å². The molecule has 8 nitrogen and oxygen atoms in total. The van der Waals surface area contributed by atoms with Gasteiger partial charge in [-0.1, -0.05) is 38.9 Å². The Bertz CT molecular complexity index is 1310. The molecule has 0 bridgehead atoms. The van der Waals surface area contributed by atoms with Crippen molar-refractivity contribution in [2.45, 2.75) is 40.3 Å². The first-order valence-electron chi connectivity index (χ1n) is 13.1. The predicted octanol–water partition coefficient (Wildman–Crippen LogP) is 5.78. The molecule has 0 radical (unpaired) electrons. The van der Waals surface area contributed by atoms with Crippen LogP contribution in [-0.4, -0.2) is 55.6 Å². The summed E-state index contributed by atoms with van der Waals surface area (Å²) in [7, 11) is 1.57. The molecular weight excluding hydrogens is 525 g/mol. The molecular formula is C29H35F3N4O4.